The van der Waals surface area contributed by atoms with E-state index >= 15 is 0 Å². The summed E-state index contributed by atoms with van der Waals surface area (Å²) in [6.45, 7) is 2.35. The predicted molar refractivity (Wildman–Crippen MR) is 103 cm³/mol. The zero-order valence-electron chi connectivity index (χ0n) is 14.7. The molecule has 1 aromatic carbocycles. The fourth-order valence-corrected chi connectivity index (χ4v) is 2.66. The summed E-state index contributed by atoms with van der Waals surface area (Å²) in [6, 6.07) is 9.41. The maximum atomic E-state index is 11.8. The normalized spacial score (nSPS) is 10.8. The third-order valence-electron chi connectivity index (χ3n) is 4.12. The second-order valence-electron chi connectivity index (χ2n) is 6.03. The van der Waals surface area contributed by atoms with Gasteiger partial charge in [-0.25, -0.2) is 4.79 Å². The molecule has 6 nitrogen and oxygen atoms in total. The zero-order valence-corrected chi connectivity index (χ0v) is 15.5. The molecule has 2 aromatic rings. The second kappa shape index (κ2) is 9.44. The number of hydrogen-bond donors (Lipinski definition) is 2. The van der Waals surface area contributed by atoms with E-state index in [1.165, 1.54) is 23.2 Å². The minimum Gasteiger partial charge on any atom is -0.370 e. The number of halogens is 1. The van der Waals surface area contributed by atoms with Crippen LogP contribution in [0.5, 0.6) is 0 Å². The van der Waals surface area contributed by atoms with E-state index < -0.39 is 0 Å². The van der Waals surface area contributed by atoms with Gasteiger partial charge in [-0.3, -0.25) is 13.9 Å². The Bertz CT molecular complexity index is 796. The van der Waals surface area contributed by atoms with Crippen LogP contribution in [0.2, 0.25) is 5.02 Å². The van der Waals surface area contributed by atoms with Crippen LogP contribution in [-0.4, -0.2) is 28.8 Å². The SMILES string of the molecule is Cn1c(NCCNCCCCc2ccc(Cl)cc2)cc(=O)n(C)c1=O. The van der Waals surface area contributed by atoms with Crippen LogP contribution in [0.1, 0.15) is 18.4 Å². The molecule has 2 rings (SSSR count). The third-order valence-corrected chi connectivity index (χ3v) is 4.37. The van der Waals surface area contributed by atoms with Gasteiger partial charge in [0.1, 0.15) is 5.82 Å². The summed E-state index contributed by atoms with van der Waals surface area (Å²) < 4.78 is 2.53. The van der Waals surface area contributed by atoms with Crippen LogP contribution in [0.15, 0.2) is 39.9 Å². The molecule has 0 atom stereocenters. The summed E-state index contributed by atoms with van der Waals surface area (Å²) in [4.78, 5) is 23.5. The molecule has 25 heavy (non-hydrogen) atoms. The Kier molecular flexibility index (Phi) is 7.28. The van der Waals surface area contributed by atoms with Gasteiger partial charge in [-0.05, 0) is 43.5 Å². The molecule has 0 spiro atoms. The number of nitrogens with one attached hydrogen (secondary N) is 2. The molecule has 1 aromatic heterocycles. The molecule has 0 aliphatic heterocycles. The van der Waals surface area contributed by atoms with Crippen molar-refractivity contribution in [1.29, 1.82) is 0 Å². The lowest BCUT2D eigenvalue weighted by Gasteiger charge is -2.12. The van der Waals surface area contributed by atoms with Crippen molar-refractivity contribution in [2.24, 2.45) is 14.1 Å². The topological polar surface area (TPSA) is 68.1 Å². The Labute approximate surface area is 152 Å². The minimum atomic E-state index is -0.329. The van der Waals surface area contributed by atoms with Crippen LogP contribution >= 0.6 is 11.6 Å². The van der Waals surface area contributed by atoms with Gasteiger partial charge in [-0.1, -0.05) is 23.7 Å². The number of nitrogens with zero attached hydrogens (tertiary/aromatic N) is 2. The lowest BCUT2D eigenvalue weighted by atomic mass is 10.1. The summed E-state index contributed by atoms with van der Waals surface area (Å²) in [5, 5.41) is 7.25. The van der Waals surface area contributed by atoms with Crippen LogP contribution in [0, 0.1) is 0 Å². The van der Waals surface area contributed by atoms with E-state index in [2.05, 4.69) is 22.8 Å². The van der Waals surface area contributed by atoms with E-state index in [1.54, 1.807) is 7.05 Å². The van der Waals surface area contributed by atoms with Gasteiger partial charge in [0.2, 0.25) is 0 Å². The van der Waals surface area contributed by atoms with Gasteiger partial charge in [0, 0.05) is 38.3 Å². The Balaban J connectivity index is 1.62. The molecule has 0 saturated carbocycles. The number of unbranched alkanes of at least 4 members (excludes halogenated alkanes) is 1. The van der Waals surface area contributed by atoms with E-state index in [4.69, 9.17) is 11.6 Å². The standard InChI is InChI=1S/C18H25ClN4O2/c1-22-16(13-17(24)23(2)18(22)25)21-12-11-20-10-4-3-5-14-6-8-15(19)9-7-14/h6-9,13,20-21H,3-5,10-12H2,1-2H3. The number of aromatic nitrogens is 2. The van der Waals surface area contributed by atoms with Crippen molar-refractivity contribution >= 4 is 17.4 Å². The van der Waals surface area contributed by atoms with E-state index in [0.717, 1.165) is 41.9 Å². The van der Waals surface area contributed by atoms with Crippen molar-refractivity contribution in [3.63, 3.8) is 0 Å². The number of benzene rings is 1. The maximum Gasteiger partial charge on any atom is 0.332 e. The van der Waals surface area contributed by atoms with Gasteiger partial charge >= 0.3 is 5.69 Å². The lowest BCUT2D eigenvalue weighted by Crippen LogP contribution is -2.38. The summed E-state index contributed by atoms with van der Waals surface area (Å²) in [5.41, 5.74) is 0.670. The molecular formula is C18H25ClN4O2. The number of anilines is 1. The van der Waals surface area contributed by atoms with Crippen molar-refractivity contribution in [1.82, 2.24) is 14.5 Å². The van der Waals surface area contributed by atoms with E-state index in [0.29, 0.717) is 12.4 Å². The Morgan fingerprint density at radius 2 is 1.68 bits per heavy atom. The van der Waals surface area contributed by atoms with Crippen molar-refractivity contribution in [3.8, 4) is 0 Å². The van der Waals surface area contributed by atoms with E-state index in [-0.39, 0.29) is 11.2 Å². The molecule has 136 valence electrons. The first-order chi connectivity index (χ1) is 12.0. The molecule has 0 aliphatic carbocycles. The summed E-state index contributed by atoms with van der Waals surface area (Å²) >= 11 is 5.87. The average Bonchev–Trinajstić information content (AvgIpc) is 2.61. The van der Waals surface area contributed by atoms with Gasteiger partial charge in [-0.2, -0.15) is 0 Å². The first kappa shape index (κ1) is 19.3. The highest BCUT2D eigenvalue weighted by atomic mass is 35.5. The molecule has 7 heteroatoms. The van der Waals surface area contributed by atoms with Gasteiger partial charge in [-0.15, -0.1) is 0 Å². The highest BCUT2D eigenvalue weighted by Crippen LogP contribution is 2.11. The van der Waals surface area contributed by atoms with Crippen LogP contribution in [0.3, 0.4) is 0 Å². The molecule has 0 aliphatic rings. The molecule has 0 unspecified atom stereocenters. The fraction of sp³-hybridized carbons (Fsp3) is 0.444. The Morgan fingerprint density at radius 3 is 2.40 bits per heavy atom. The van der Waals surface area contributed by atoms with Crippen molar-refractivity contribution in [3.05, 3.63) is 61.8 Å². The molecular weight excluding hydrogens is 340 g/mol. The lowest BCUT2D eigenvalue weighted by molar-refractivity contribution is 0.629. The van der Waals surface area contributed by atoms with Crippen molar-refractivity contribution in [2.45, 2.75) is 19.3 Å². The fourth-order valence-electron chi connectivity index (χ4n) is 2.54. The van der Waals surface area contributed by atoms with Crippen LogP contribution in [-0.2, 0) is 20.5 Å². The van der Waals surface area contributed by atoms with Gasteiger partial charge in [0.15, 0.2) is 0 Å². The Morgan fingerprint density at radius 1 is 0.960 bits per heavy atom. The van der Waals surface area contributed by atoms with Crippen LogP contribution in [0.25, 0.3) is 0 Å². The number of hydrogen-bond acceptors (Lipinski definition) is 4. The molecule has 0 amide bonds. The third kappa shape index (κ3) is 5.76. The van der Waals surface area contributed by atoms with Gasteiger partial charge in [0.05, 0.1) is 0 Å². The maximum absolute atomic E-state index is 11.8. The molecule has 0 radical (unpaired) electrons. The van der Waals surface area contributed by atoms with Crippen molar-refractivity contribution < 1.29 is 0 Å². The smallest absolute Gasteiger partial charge is 0.332 e. The highest BCUT2D eigenvalue weighted by Gasteiger charge is 2.04. The zero-order chi connectivity index (χ0) is 18.2. The highest BCUT2D eigenvalue weighted by molar-refractivity contribution is 6.30. The summed E-state index contributed by atoms with van der Waals surface area (Å²) in [6.07, 6.45) is 3.25. The average molecular weight is 365 g/mol. The summed E-state index contributed by atoms with van der Waals surface area (Å²) in [5.74, 6) is 0.539. The van der Waals surface area contributed by atoms with Crippen LogP contribution in [0.4, 0.5) is 5.82 Å². The Hall–Kier alpha value is -2.05. The molecule has 0 fully saturated rings. The quantitative estimate of drug-likeness (QED) is 0.665. The first-order valence-electron chi connectivity index (χ1n) is 8.45. The minimum absolute atomic E-state index is 0.305. The van der Waals surface area contributed by atoms with E-state index in [1.807, 2.05) is 12.1 Å². The van der Waals surface area contributed by atoms with Crippen LogP contribution < -0.4 is 21.9 Å². The van der Waals surface area contributed by atoms with E-state index in [9.17, 15) is 9.59 Å². The molecule has 0 saturated heterocycles. The number of aryl methyl sites for hydroxylation is 1. The van der Waals surface area contributed by atoms with Gasteiger partial charge < -0.3 is 10.6 Å². The first-order valence-corrected chi connectivity index (χ1v) is 8.83. The molecule has 1 heterocycles. The summed E-state index contributed by atoms with van der Waals surface area (Å²) in [7, 11) is 3.12. The monoisotopic (exact) mass is 364 g/mol. The van der Waals surface area contributed by atoms with Gasteiger partial charge in [0.25, 0.3) is 5.56 Å². The largest absolute Gasteiger partial charge is 0.370 e. The number of rotatable bonds is 9. The predicted octanol–water partition coefficient (Wildman–Crippen LogP) is 1.76. The molecule has 0 bridgehead atoms. The molecule has 2 N–H and O–H groups in total. The van der Waals surface area contributed by atoms with Crippen molar-refractivity contribution in [2.75, 3.05) is 25.0 Å². The second-order valence-corrected chi connectivity index (χ2v) is 6.47.